The van der Waals surface area contributed by atoms with E-state index in [9.17, 15) is 4.79 Å². The Morgan fingerprint density at radius 1 is 1.32 bits per heavy atom. The Bertz CT molecular complexity index is 838. The fourth-order valence-corrected chi connectivity index (χ4v) is 2.33. The number of aromatic nitrogens is 4. The van der Waals surface area contributed by atoms with Crippen LogP contribution in [0.4, 0.5) is 0 Å². The number of rotatable bonds is 7. The van der Waals surface area contributed by atoms with Crippen molar-refractivity contribution in [1.29, 1.82) is 0 Å². The van der Waals surface area contributed by atoms with Crippen LogP contribution < -0.4 is 10.1 Å². The molecule has 0 aromatic carbocycles. The van der Waals surface area contributed by atoms with Gasteiger partial charge in [0, 0.05) is 25.0 Å². The quantitative estimate of drug-likeness (QED) is 0.708. The van der Waals surface area contributed by atoms with Crippen LogP contribution in [0.3, 0.4) is 0 Å². The van der Waals surface area contributed by atoms with Gasteiger partial charge in [-0.3, -0.25) is 4.79 Å². The van der Waals surface area contributed by atoms with Crippen LogP contribution in [0.15, 0.2) is 41.2 Å². The lowest BCUT2D eigenvalue weighted by Crippen LogP contribution is -2.23. The Hall–Kier alpha value is -3.16. The van der Waals surface area contributed by atoms with E-state index in [2.05, 4.69) is 20.4 Å². The Labute approximate surface area is 144 Å². The van der Waals surface area contributed by atoms with Crippen LogP contribution in [-0.2, 0) is 13.1 Å². The maximum Gasteiger partial charge on any atom is 0.253 e. The largest absolute Gasteiger partial charge is 0.478 e. The number of amides is 1. The molecule has 0 saturated heterocycles. The molecule has 8 heteroatoms. The van der Waals surface area contributed by atoms with E-state index >= 15 is 0 Å². The molecule has 3 aromatic heterocycles. The van der Waals surface area contributed by atoms with Crippen LogP contribution in [-0.4, -0.2) is 32.2 Å². The monoisotopic (exact) mass is 341 g/mol. The summed E-state index contributed by atoms with van der Waals surface area (Å²) in [6, 6.07) is 7.15. The minimum absolute atomic E-state index is 0.145. The summed E-state index contributed by atoms with van der Waals surface area (Å²) < 4.78 is 12.5. The van der Waals surface area contributed by atoms with E-state index in [0.717, 1.165) is 12.2 Å². The molecular weight excluding hydrogens is 322 g/mol. The first kappa shape index (κ1) is 16.7. The van der Waals surface area contributed by atoms with Gasteiger partial charge in [0.25, 0.3) is 5.91 Å². The van der Waals surface area contributed by atoms with E-state index in [1.165, 1.54) is 6.20 Å². The van der Waals surface area contributed by atoms with Gasteiger partial charge in [-0.25, -0.2) is 4.98 Å². The van der Waals surface area contributed by atoms with Crippen LogP contribution in [0.5, 0.6) is 5.88 Å². The first-order valence-electron chi connectivity index (χ1n) is 8.06. The van der Waals surface area contributed by atoms with Crippen molar-refractivity contribution in [1.82, 2.24) is 25.0 Å². The fourth-order valence-electron chi connectivity index (χ4n) is 2.33. The number of carbonyl (C=O) groups excluding carboxylic acids is 1. The average molecular weight is 341 g/mol. The Morgan fingerprint density at radius 3 is 2.92 bits per heavy atom. The van der Waals surface area contributed by atoms with Crippen LogP contribution in [0, 0.1) is 0 Å². The zero-order valence-corrected chi connectivity index (χ0v) is 14.1. The van der Waals surface area contributed by atoms with Gasteiger partial charge < -0.3 is 19.1 Å². The van der Waals surface area contributed by atoms with Crippen molar-refractivity contribution in [2.75, 3.05) is 6.61 Å². The summed E-state index contributed by atoms with van der Waals surface area (Å²) in [7, 11) is 0. The molecule has 3 aromatic rings. The van der Waals surface area contributed by atoms with Crippen molar-refractivity contribution in [2.45, 2.75) is 26.9 Å². The SMILES string of the molecule is CCOc1ccc(C(=O)NCc2nc(-c3cccn3CC)no2)cn1. The molecule has 1 N–H and O–H groups in total. The van der Waals surface area contributed by atoms with Crippen LogP contribution in [0.25, 0.3) is 11.5 Å². The van der Waals surface area contributed by atoms with Crippen LogP contribution in [0.1, 0.15) is 30.1 Å². The van der Waals surface area contributed by atoms with E-state index in [0.29, 0.717) is 29.8 Å². The van der Waals surface area contributed by atoms with Gasteiger partial charge >= 0.3 is 0 Å². The second-order valence-corrected chi connectivity index (χ2v) is 5.19. The molecule has 8 nitrogen and oxygen atoms in total. The minimum Gasteiger partial charge on any atom is -0.478 e. The number of hydrogen-bond donors (Lipinski definition) is 1. The standard InChI is InChI=1S/C17H19N5O3/c1-3-22-9-5-6-13(22)16-20-15(25-21-16)11-19-17(23)12-7-8-14(18-10-12)24-4-2/h5-10H,3-4,11H2,1-2H3,(H,19,23). The maximum atomic E-state index is 12.1. The van der Waals surface area contributed by atoms with E-state index < -0.39 is 0 Å². The summed E-state index contributed by atoms with van der Waals surface area (Å²) in [5.41, 5.74) is 1.31. The van der Waals surface area contributed by atoms with E-state index in [4.69, 9.17) is 9.26 Å². The predicted octanol–water partition coefficient (Wildman–Crippen LogP) is 2.28. The van der Waals surface area contributed by atoms with Gasteiger partial charge in [-0.2, -0.15) is 4.98 Å². The Kier molecular flexibility index (Phi) is 5.08. The lowest BCUT2D eigenvalue weighted by molar-refractivity contribution is 0.0946. The van der Waals surface area contributed by atoms with Crippen molar-refractivity contribution >= 4 is 5.91 Å². The molecule has 0 aliphatic rings. The number of hydrogen-bond acceptors (Lipinski definition) is 6. The number of aryl methyl sites for hydroxylation is 1. The first-order chi connectivity index (χ1) is 12.2. The Morgan fingerprint density at radius 2 is 2.20 bits per heavy atom. The Balaban J connectivity index is 1.61. The molecule has 0 spiro atoms. The molecule has 0 aliphatic carbocycles. The lowest BCUT2D eigenvalue weighted by Gasteiger charge is -2.04. The second-order valence-electron chi connectivity index (χ2n) is 5.19. The smallest absolute Gasteiger partial charge is 0.253 e. The van der Waals surface area contributed by atoms with Crippen LogP contribution >= 0.6 is 0 Å². The summed E-state index contributed by atoms with van der Waals surface area (Å²) >= 11 is 0. The lowest BCUT2D eigenvalue weighted by atomic mass is 10.2. The van der Waals surface area contributed by atoms with Crippen molar-refractivity contribution in [3.8, 4) is 17.4 Å². The first-order valence-corrected chi connectivity index (χ1v) is 8.06. The highest BCUT2D eigenvalue weighted by molar-refractivity contribution is 5.93. The van der Waals surface area contributed by atoms with Crippen LogP contribution in [0.2, 0.25) is 0 Å². The molecule has 0 atom stereocenters. The van der Waals surface area contributed by atoms with Gasteiger partial charge in [0.15, 0.2) is 0 Å². The number of ether oxygens (including phenoxy) is 1. The summed E-state index contributed by atoms with van der Waals surface area (Å²) in [6.07, 6.45) is 3.42. The van der Waals surface area contributed by atoms with E-state index in [1.54, 1.807) is 12.1 Å². The number of pyridine rings is 1. The number of carbonyl (C=O) groups is 1. The average Bonchev–Trinajstić information content (AvgIpc) is 3.29. The zero-order chi connectivity index (χ0) is 17.6. The molecule has 3 heterocycles. The van der Waals surface area contributed by atoms with E-state index in [1.807, 2.05) is 36.7 Å². The van der Waals surface area contributed by atoms with Gasteiger partial charge in [-0.1, -0.05) is 5.16 Å². The molecule has 130 valence electrons. The normalized spacial score (nSPS) is 10.6. The van der Waals surface area contributed by atoms with Gasteiger partial charge in [0.05, 0.1) is 24.4 Å². The molecule has 0 radical (unpaired) electrons. The third kappa shape index (κ3) is 3.85. The molecule has 3 rings (SSSR count). The number of nitrogens with zero attached hydrogens (tertiary/aromatic N) is 4. The van der Waals surface area contributed by atoms with Crippen molar-refractivity contribution < 1.29 is 14.1 Å². The predicted molar refractivity (Wildman–Crippen MR) is 90.0 cm³/mol. The molecule has 0 fully saturated rings. The third-order valence-corrected chi connectivity index (χ3v) is 3.56. The minimum atomic E-state index is -0.271. The topological polar surface area (TPSA) is 95.1 Å². The molecule has 1 amide bonds. The highest BCUT2D eigenvalue weighted by Crippen LogP contribution is 2.16. The molecule has 0 aliphatic heterocycles. The molecule has 0 saturated carbocycles. The second kappa shape index (κ2) is 7.61. The van der Waals surface area contributed by atoms with Crippen molar-refractivity contribution in [2.24, 2.45) is 0 Å². The molecule has 0 bridgehead atoms. The highest BCUT2D eigenvalue weighted by Gasteiger charge is 2.13. The highest BCUT2D eigenvalue weighted by atomic mass is 16.5. The van der Waals surface area contributed by atoms with Crippen molar-refractivity contribution in [3.05, 3.63) is 48.1 Å². The van der Waals surface area contributed by atoms with Gasteiger partial charge in [0.1, 0.15) is 0 Å². The molecule has 0 unspecified atom stereocenters. The van der Waals surface area contributed by atoms with Gasteiger partial charge in [-0.05, 0) is 32.0 Å². The molecular formula is C17H19N5O3. The van der Waals surface area contributed by atoms with Gasteiger partial charge in [0.2, 0.25) is 17.6 Å². The fraction of sp³-hybridized carbons (Fsp3) is 0.294. The number of nitrogens with one attached hydrogen (secondary N) is 1. The third-order valence-electron chi connectivity index (χ3n) is 3.56. The maximum absolute atomic E-state index is 12.1. The summed E-state index contributed by atoms with van der Waals surface area (Å²) in [6.45, 7) is 5.40. The van der Waals surface area contributed by atoms with E-state index in [-0.39, 0.29) is 12.5 Å². The molecule has 25 heavy (non-hydrogen) atoms. The van der Waals surface area contributed by atoms with Crippen molar-refractivity contribution in [3.63, 3.8) is 0 Å². The zero-order valence-electron chi connectivity index (χ0n) is 14.1. The summed E-state index contributed by atoms with van der Waals surface area (Å²) in [4.78, 5) is 20.5. The summed E-state index contributed by atoms with van der Waals surface area (Å²) in [5.74, 6) is 1.05. The summed E-state index contributed by atoms with van der Waals surface area (Å²) in [5, 5.41) is 6.69. The van der Waals surface area contributed by atoms with Gasteiger partial charge in [-0.15, -0.1) is 0 Å².